The first kappa shape index (κ1) is 15.7. The molecule has 1 unspecified atom stereocenters. The molecule has 0 saturated carbocycles. The second-order valence-corrected chi connectivity index (χ2v) is 6.22. The molecular weight excluding hydrogens is 240 g/mol. The van der Waals surface area contributed by atoms with E-state index in [1.807, 2.05) is 6.07 Å². The molecule has 1 atom stereocenters. The van der Waals surface area contributed by atoms with Crippen LogP contribution >= 0.6 is 0 Å². The summed E-state index contributed by atoms with van der Waals surface area (Å²) in [6.45, 7) is 8.78. The number of aromatic nitrogens is 2. The highest BCUT2D eigenvalue weighted by Gasteiger charge is 2.24. The SMILES string of the molecule is CCCc1cc(NC(=O)C(CN)CC(C)(C)C)n[nH]1. The molecule has 1 aromatic heterocycles. The van der Waals surface area contributed by atoms with Crippen molar-refractivity contribution in [2.24, 2.45) is 17.1 Å². The number of rotatable bonds is 6. The van der Waals surface area contributed by atoms with Crippen LogP contribution < -0.4 is 11.1 Å². The zero-order valence-electron chi connectivity index (χ0n) is 12.4. The average Bonchev–Trinajstić information content (AvgIpc) is 2.72. The van der Waals surface area contributed by atoms with E-state index in [9.17, 15) is 4.79 Å². The van der Waals surface area contributed by atoms with Gasteiger partial charge in [-0.1, -0.05) is 34.1 Å². The number of carbonyl (C=O) groups is 1. The van der Waals surface area contributed by atoms with Gasteiger partial charge in [0.1, 0.15) is 0 Å². The molecule has 0 aromatic carbocycles. The summed E-state index contributed by atoms with van der Waals surface area (Å²) in [6.07, 6.45) is 2.75. The van der Waals surface area contributed by atoms with Crippen LogP contribution in [-0.4, -0.2) is 22.6 Å². The van der Waals surface area contributed by atoms with E-state index < -0.39 is 0 Å². The largest absolute Gasteiger partial charge is 0.330 e. The Morgan fingerprint density at radius 3 is 2.74 bits per heavy atom. The topological polar surface area (TPSA) is 83.8 Å². The fourth-order valence-corrected chi connectivity index (χ4v) is 2.07. The van der Waals surface area contributed by atoms with Crippen molar-refractivity contribution in [2.75, 3.05) is 11.9 Å². The lowest BCUT2D eigenvalue weighted by atomic mass is 9.84. The van der Waals surface area contributed by atoms with Crippen LogP contribution in [0.2, 0.25) is 0 Å². The van der Waals surface area contributed by atoms with E-state index in [0.29, 0.717) is 12.4 Å². The van der Waals surface area contributed by atoms with Crippen molar-refractivity contribution in [3.8, 4) is 0 Å². The predicted octanol–water partition coefficient (Wildman–Crippen LogP) is 2.31. The van der Waals surface area contributed by atoms with E-state index in [-0.39, 0.29) is 17.2 Å². The Bertz CT molecular complexity index is 406. The van der Waals surface area contributed by atoms with Gasteiger partial charge in [0.25, 0.3) is 0 Å². The highest BCUT2D eigenvalue weighted by Crippen LogP contribution is 2.24. The van der Waals surface area contributed by atoms with Gasteiger partial charge in [0, 0.05) is 18.3 Å². The Morgan fingerprint density at radius 1 is 1.53 bits per heavy atom. The molecule has 0 radical (unpaired) electrons. The first-order chi connectivity index (χ1) is 8.85. The number of nitrogens with zero attached hydrogens (tertiary/aromatic N) is 1. The lowest BCUT2D eigenvalue weighted by Crippen LogP contribution is -2.32. The molecule has 0 aliphatic heterocycles. The van der Waals surface area contributed by atoms with Crippen LogP contribution in [0.3, 0.4) is 0 Å². The van der Waals surface area contributed by atoms with Gasteiger partial charge < -0.3 is 11.1 Å². The number of amides is 1. The maximum Gasteiger partial charge on any atom is 0.229 e. The summed E-state index contributed by atoms with van der Waals surface area (Å²) in [7, 11) is 0. The standard InChI is InChI=1S/C14H26N4O/c1-5-6-11-7-12(18-17-11)16-13(19)10(9-15)8-14(2,3)4/h7,10H,5-6,8-9,15H2,1-4H3,(H2,16,17,18,19). The van der Waals surface area contributed by atoms with Crippen molar-refractivity contribution in [3.05, 3.63) is 11.8 Å². The number of carbonyl (C=O) groups excluding carboxylic acids is 1. The van der Waals surface area contributed by atoms with Gasteiger partial charge in [0.2, 0.25) is 5.91 Å². The van der Waals surface area contributed by atoms with Crippen LogP contribution in [0.1, 0.15) is 46.2 Å². The van der Waals surface area contributed by atoms with Crippen molar-refractivity contribution in [3.63, 3.8) is 0 Å². The molecule has 0 bridgehead atoms. The van der Waals surface area contributed by atoms with Crippen LogP contribution in [0.15, 0.2) is 6.07 Å². The highest BCUT2D eigenvalue weighted by atomic mass is 16.2. The summed E-state index contributed by atoms with van der Waals surface area (Å²) in [5, 5.41) is 9.84. The van der Waals surface area contributed by atoms with Crippen molar-refractivity contribution in [1.29, 1.82) is 0 Å². The average molecular weight is 266 g/mol. The maximum atomic E-state index is 12.1. The summed E-state index contributed by atoms with van der Waals surface area (Å²) < 4.78 is 0. The monoisotopic (exact) mass is 266 g/mol. The molecule has 0 aliphatic rings. The number of H-pyrrole nitrogens is 1. The number of aromatic amines is 1. The third-order valence-corrected chi connectivity index (χ3v) is 2.92. The van der Waals surface area contributed by atoms with Crippen molar-refractivity contribution in [2.45, 2.75) is 47.0 Å². The van der Waals surface area contributed by atoms with Gasteiger partial charge in [-0.25, -0.2) is 0 Å². The molecule has 1 amide bonds. The number of anilines is 1. The third-order valence-electron chi connectivity index (χ3n) is 2.92. The minimum Gasteiger partial charge on any atom is -0.330 e. The third kappa shape index (κ3) is 5.42. The lowest BCUT2D eigenvalue weighted by Gasteiger charge is -2.23. The zero-order chi connectivity index (χ0) is 14.5. The highest BCUT2D eigenvalue weighted by molar-refractivity contribution is 5.91. The molecule has 0 saturated heterocycles. The Kier molecular flexibility index (Phi) is 5.54. The molecule has 1 rings (SSSR count). The van der Waals surface area contributed by atoms with Gasteiger partial charge in [-0.3, -0.25) is 9.89 Å². The van der Waals surface area contributed by atoms with E-state index in [1.165, 1.54) is 0 Å². The van der Waals surface area contributed by atoms with Crippen LogP contribution in [0.25, 0.3) is 0 Å². The molecular formula is C14H26N4O. The number of nitrogens with two attached hydrogens (primary N) is 1. The quantitative estimate of drug-likeness (QED) is 0.738. The molecule has 4 N–H and O–H groups in total. The summed E-state index contributed by atoms with van der Waals surface area (Å²) in [4.78, 5) is 12.1. The van der Waals surface area contributed by atoms with Crippen molar-refractivity contribution >= 4 is 11.7 Å². The smallest absolute Gasteiger partial charge is 0.229 e. The maximum absolute atomic E-state index is 12.1. The lowest BCUT2D eigenvalue weighted by molar-refractivity contribution is -0.120. The van der Waals surface area contributed by atoms with Gasteiger partial charge in [0.15, 0.2) is 5.82 Å². The van der Waals surface area contributed by atoms with E-state index in [2.05, 4.69) is 43.2 Å². The Morgan fingerprint density at radius 2 is 2.21 bits per heavy atom. The van der Waals surface area contributed by atoms with E-state index >= 15 is 0 Å². The zero-order valence-corrected chi connectivity index (χ0v) is 12.4. The van der Waals surface area contributed by atoms with E-state index in [4.69, 9.17) is 5.73 Å². The molecule has 0 spiro atoms. The molecule has 5 nitrogen and oxygen atoms in total. The molecule has 1 aromatic rings. The molecule has 1 heterocycles. The molecule has 5 heteroatoms. The molecule has 0 aliphatic carbocycles. The first-order valence-electron chi connectivity index (χ1n) is 6.91. The van der Waals surface area contributed by atoms with Crippen molar-refractivity contribution in [1.82, 2.24) is 10.2 Å². The van der Waals surface area contributed by atoms with E-state index in [1.54, 1.807) is 0 Å². The molecule has 108 valence electrons. The van der Waals surface area contributed by atoms with Crippen LogP contribution in [0, 0.1) is 11.3 Å². The van der Waals surface area contributed by atoms with Gasteiger partial charge in [-0.05, 0) is 18.3 Å². The summed E-state index contributed by atoms with van der Waals surface area (Å²) in [6, 6.07) is 1.88. The normalized spacial score (nSPS) is 13.3. The number of hydrogen-bond donors (Lipinski definition) is 3. The Balaban J connectivity index is 2.60. The predicted molar refractivity (Wildman–Crippen MR) is 77.8 cm³/mol. The van der Waals surface area contributed by atoms with Crippen molar-refractivity contribution < 1.29 is 4.79 Å². The minimum absolute atomic E-state index is 0.0491. The van der Waals surface area contributed by atoms with Gasteiger partial charge in [-0.15, -0.1) is 0 Å². The fourth-order valence-electron chi connectivity index (χ4n) is 2.07. The van der Waals surface area contributed by atoms with Gasteiger partial charge >= 0.3 is 0 Å². The van der Waals surface area contributed by atoms with Crippen LogP contribution in [-0.2, 0) is 11.2 Å². The summed E-state index contributed by atoms with van der Waals surface area (Å²) in [5.74, 6) is 0.360. The summed E-state index contributed by atoms with van der Waals surface area (Å²) in [5.41, 5.74) is 6.82. The molecule has 0 fully saturated rings. The number of hydrogen-bond acceptors (Lipinski definition) is 3. The van der Waals surface area contributed by atoms with Gasteiger partial charge in [-0.2, -0.15) is 5.10 Å². The van der Waals surface area contributed by atoms with Crippen LogP contribution in [0.5, 0.6) is 0 Å². The first-order valence-corrected chi connectivity index (χ1v) is 6.91. The minimum atomic E-state index is -0.175. The summed E-state index contributed by atoms with van der Waals surface area (Å²) >= 11 is 0. The van der Waals surface area contributed by atoms with Gasteiger partial charge in [0.05, 0.1) is 5.92 Å². The van der Waals surface area contributed by atoms with Crippen LogP contribution in [0.4, 0.5) is 5.82 Å². The second-order valence-electron chi connectivity index (χ2n) is 6.22. The number of aryl methyl sites for hydroxylation is 1. The number of nitrogens with one attached hydrogen (secondary N) is 2. The Labute approximate surface area is 115 Å². The molecule has 19 heavy (non-hydrogen) atoms. The Hall–Kier alpha value is -1.36. The second kappa shape index (κ2) is 6.70. The van der Waals surface area contributed by atoms with E-state index in [0.717, 1.165) is 25.0 Å². The fraction of sp³-hybridized carbons (Fsp3) is 0.714.